The van der Waals surface area contributed by atoms with Gasteiger partial charge in [0.25, 0.3) is 10.2 Å². The lowest BCUT2D eigenvalue weighted by Crippen LogP contribution is -2.32. The molecule has 0 N–H and O–H groups in total. The molecule has 2 unspecified atom stereocenters. The number of rotatable bonds is 6. The summed E-state index contributed by atoms with van der Waals surface area (Å²) in [7, 11) is 0. The van der Waals surface area contributed by atoms with Crippen LogP contribution in [0.3, 0.4) is 0 Å². The molecule has 86 valence electrons. The SMILES string of the molecule is O=[N+]([O-])OCC(O[N+](=O)[O-])C1CCCS1. The van der Waals surface area contributed by atoms with E-state index >= 15 is 0 Å². The van der Waals surface area contributed by atoms with Crippen LogP contribution in [0.2, 0.25) is 0 Å². The van der Waals surface area contributed by atoms with Crippen molar-refractivity contribution in [2.75, 3.05) is 12.4 Å². The second-order valence-electron chi connectivity index (χ2n) is 2.94. The standard InChI is InChI=1S/C6H10N2O6S/c9-7(10)13-4-5(14-8(11)12)6-2-1-3-15-6/h5-6H,1-4H2. The highest BCUT2D eigenvalue weighted by Gasteiger charge is 2.29. The predicted octanol–water partition coefficient (Wildman–Crippen LogP) is 0.667. The summed E-state index contributed by atoms with van der Waals surface area (Å²) in [4.78, 5) is 28.6. The second kappa shape index (κ2) is 5.59. The Hall–Kier alpha value is -1.25. The lowest BCUT2D eigenvalue weighted by atomic mass is 10.2. The number of hydrogen-bond acceptors (Lipinski definition) is 7. The molecule has 0 amide bonds. The van der Waals surface area contributed by atoms with Gasteiger partial charge in [-0.1, -0.05) is 0 Å². The quantitative estimate of drug-likeness (QED) is 0.494. The lowest BCUT2D eigenvalue weighted by molar-refractivity contribution is -0.789. The molecule has 1 rings (SSSR count). The average Bonchev–Trinajstić information content (AvgIpc) is 2.63. The minimum atomic E-state index is -0.976. The number of hydrogen-bond donors (Lipinski definition) is 0. The lowest BCUT2D eigenvalue weighted by Gasteiger charge is -2.18. The van der Waals surface area contributed by atoms with Crippen molar-refractivity contribution in [1.29, 1.82) is 0 Å². The summed E-state index contributed by atoms with van der Waals surface area (Å²) in [6.07, 6.45) is 0.827. The first-order chi connectivity index (χ1) is 7.09. The van der Waals surface area contributed by atoms with Crippen LogP contribution in [0.5, 0.6) is 0 Å². The van der Waals surface area contributed by atoms with Crippen LogP contribution in [-0.2, 0) is 9.68 Å². The molecule has 1 aliphatic rings. The Bertz CT molecular complexity index is 244. The van der Waals surface area contributed by atoms with Crippen molar-refractivity contribution in [3.05, 3.63) is 20.2 Å². The molecule has 8 nitrogen and oxygen atoms in total. The maximum Gasteiger partial charge on any atom is 0.294 e. The number of nitrogens with zero attached hydrogens (tertiary/aromatic N) is 2. The van der Waals surface area contributed by atoms with E-state index in [4.69, 9.17) is 0 Å². The predicted molar refractivity (Wildman–Crippen MR) is 50.3 cm³/mol. The zero-order chi connectivity index (χ0) is 11.3. The highest BCUT2D eigenvalue weighted by molar-refractivity contribution is 8.00. The normalized spacial score (nSPS) is 22.0. The van der Waals surface area contributed by atoms with E-state index in [0.717, 1.165) is 18.6 Å². The molecule has 0 saturated carbocycles. The van der Waals surface area contributed by atoms with Crippen LogP contribution in [0.15, 0.2) is 0 Å². The zero-order valence-electron chi connectivity index (χ0n) is 7.74. The molecule has 2 atom stereocenters. The summed E-state index contributed by atoms with van der Waals surface area (Å²) >= 11 is 1.51. The highest BCUT2D eigenvalue weighted by Crippen LogP contribution is 2.30. The molecular weight excluding hydrogens is 228 g/mol. The van der Waals surface area contributed by atoms with Crippen LogP contribution < -0.4 is 0 Å². The first-order valence-electron chi connectivity index (χ1n) is 4.29. The second-order valence-corrected chi connectivity index (χ2v) is 4.29. The third kappa shape index (κ3) is 4.19. The van der Waals surface area contributed by atoms with Crippen molar-refractivity contribution in [1.82, 2.24) is 0 Å². The Kier molecular flexibility index (Phi) is 4.40. The fourth-order valence-corrected chi connectivity index (χ4v) is 2.66. The van der Waals surface area contributed by atoms with Gasteiger partial charge in [-0.05, 0) is 18.6 Å². The molecule has 15 heavy (non-hydrogen) atoms. The largest absolute Gasteiger partial charge is 0.312 e. The summed E-state index contributed by atoms with van der Waals surface area (Å²) in [5.41, 5.74) is 0. The Balaban J connectivity index is 2.43. The summed E-state index contributed by atoms with van der Waals surface area (Å²) in [6, 6.07) is 0. The molecule has 0 aliphatic carbocycles. The Labute approximate surface area is 89.1 Å². The minimum Gasteiger partial charge on any atom is -0.312 e. The van der Waals surface area contributed by atoms with E-state index in [9.17, 15) is 20.2 Å². The molecule has 0 bridgehead atoms. The summed E-state index contributed by atoms with van der Waals surface area (Å²) in [6.45, 7) is -0.397. The van der Waals surface area contributed by atoms with Gasteiger partial charge in [-0.2, -0.15) is 11.8 Å². The summed E-state index contributed by atoms with van der Waals surface area (Å²) < 4.78 is 0. The molecule has 0 aromatic rings. The first kappa shape index (κ1) is 11.8. The molecule has 0 aromatic heterocycles. The average molecular weight is 238 g/mol. The van der Waals surface area contributed by atoms with Gasteiger partial charge in [0.15, 0.2) is 0 Å². The van der Waals surface area contributed by atoms with Gasteiger partial charge in [-0.15, -0.1) is 20.2 Å². The van der Waals surface area contributed by atoms with Crippen molar-refractivity contribution < 1.29 is 19.8 Å². The van der Waals surface area contributed by atoms with Gasteiger partial charge in [-0.25, -0.2) is 0 Å². The van der Waals surface area contributed by atoms with E-state index in [1.165, 1.54) is 11.8 Å². The third-order valence-corrected chi connectivity index (χ3v) is 3.44. The first-order valence-corrected chi connectivity index (χ1v) is 5.34. The molecule has 1 fully saturated rings. The van der Waals surface area contributed by atoms with Crippen molar-refractivity contribution in [3.63, 3.8) is 0 Å². The molecule has 1 aliphatic heterocycles. The van der Waals surface area contributed by atoms with Crippen LogP contribution in [-0.4, -0.2) is 33.9 Å². The van der Waals surface area contributed by atoms with Crippen LogP contribution in [0.4, 0.5) is 0 Å². The van der Waals surface area contributed by atoms with Crippen LogP contribution >= 0.6 is 11.8 Å². The maximum absolute atomic E-state index is 10.2. The summed E-state index contributed by atoms with van der Waals surface area (Å²) in [5.74, 6) is 0.890. The van der Waals surface area contributed by atoms with E-state index in [1.807, 2.05) is 0 Å². The van der Waals surface area contributed by atoms with Gasteiger partial charge in [0, 0.05) is 5.25 Å². The summed E-state index contributed by atoms with van der Waals surface area (Å²) in [5, 5.41) is 18.1. The molecule has 0 radical (unpaired) electrons. The van der Waals surface area contributed by atoms with Crippen LogP contribution in [0.25, 0.3) is 0 Å². The van der Waals surface area contributed by atoms with Gasteiger partial charge in [-0.3, -0.25) is 0 Å². The monoisotopic (exact) mass is 238 g/mol. The smallest absolute Gasteiger partial charge is 0.294 e. The van der Waals surface area contributed by atoms with Crippen molar-refractivity contribution in [2.45, 2.75) is 24.2 Å². The molecule has 9 heteroatoms. The van der Waals surface area contributed by atoms with Crippen molar-refractivity contribution in [3.8, 4) is 0 Å². The molecule has 1 saturated heterocycles. The maximum atomic E-state index is 10.2. The number of thioether (sulfide) groups is 1. The van der Waals surface area contributed by atoms with Gasteiger partial charge in [0.1, 0.15) is 12.7 Å². The molecule has 0 aromatic carbocycles. The minimum absolute atomic E-state index is 0.102. The van der Waals surface area contributed by atoms with E-state index in [1.54, 1.807) is 0 Å². The van der Waals surface area contributed by atoms with Gasteiger partial charge in [0.05, 0.1) is 0 Å². The van der Waals surface area contributed by atoms with Gasteiger partial charge >= 0.3 is 0 Å². The van der Waals surface area contributed by atoms with Crippen LogP contribution in [0, 0.1) is 20.2 Å². The fraction of sp³-hybridized carbons (Fsp3) is 1.00. The topological polar surface area (TPSA) is 105 Å². The van der Waals surface area contributed by atoms with Crippen LogP contribution in [0.1, 0.15) is 12.8 Å². The van der Waals surface area contributed by atoms with E-state index in [-0.39, 0.29) is 5.25 Å². The van der Waals surface area contributed by atoms with E-state index in [2.05, 4.69) is 9.68 Å². The molecule has 1 heterocycles. The van der Waals surface area contributed by atoms with Crippen molar-refractivity contribution in [2.24, 2.45) is 0 Å². The third-order valence-electron chi connectivity index (χ3n) is 1.95. The molecular formula is C6H10N2O6S. The van der Waals surface area contributed by atoms with Gasteiger partial charge in [0.2, 0.25) is 0 Å². The van der Waals surface area contributed by atoms with Crippen molar-refractivity contribution >= 4 is 11.8 Å². The van der Waals surface area contributed by atoms with Gasteiger partial charge < -0.3 is 9.68 Å². The highest BCUT2D eigenvalue weighted by atomic mass is 32.2. The zero-order valence-corrected chi connectivity index (χ0v) is 8.55. The Morgan fingerprint density at radius 3 is 2.60 bits per heavy atom. The fourth-order valence-electron chi connectivity index (χ4n) is 1.35. The van der Waals surface area contributed by atoms with E-state index < -0.39 is 22.9 Å². The Morgan fingerprint density at radius 2 is 2.13 bits per heavy atom. The Morgan fingerprint density at radius 1 is 1.40 bits per heavy atom. The molecule has 0 spiro atoms. The van der Waals surface area contributed by atoms with E-state index in [0.29, 0.717) is 0 Å².